The third-order valence-corrected chi connectivity index (χ3v) is 3.20. The molecule has 0 aliphatic heterocycles. The van der Waals surface area contributed by atoms with Gasteiger partial charge in [-0.1, -0.05) is 0 Å². The number of amides is 3. The largest absolute Gasteiger partial charge is 0.478 e. The Balaban J connectivity index is 4.26. The molecule has 20 heavy (non-hydrogen) atoms. The average molecular weight is 307 g/mol. The first-order chi connectivity index (χ1) is 9.04. The fourth-order valence-corrected chi connectivity index (χ4v) is 1.59. The van der Waals surface area contributed by atoms with Gasteiger partial charge in [-0.25, -0.2) is 23.1 Å². The van der Waals surface area contributed by atoms with Crippen LogP contribution in [0.15, 0.2) is 11.1 Å². The van der Waals surface area contributed by atoms with Crippen LogP contribution in [0, 0.1) is 0 Å². The third-order valence-electron chi connectivity index (χ3n) is 2.34. The summed E-state index contributed by atoms with van der Waals surface area (Å²) in [5, 5.41) is 17.6. The third kappa shape index (κ3) is 7.48. The number of carbonyl (C=O) groups excluding carboxylic acids is 2. The summed E-state index contributed by atoms with van der Waals surface area (Å²) in [6.45, 7) is 2.52. The van der Waals surface area contributed by atoms with Crippen LogP contribution in [0.2, 0.25) is 0 Å². The zero-order chi connectivity index (χ0) is 15.9. The Bertz CT molecular complexity index is 537. The number of hydrogen-bond acceptors (Lipinski definition) is 5. The molecule has 0 aromatic heterocycles. The highest BCUT2D eigenvalue weighted by Crippen LogP contribution is 2.03. The number of imide groups is 1. The van der Waals surface area contributed by atoms with Gasteiger partial charge in [-0.15, -0.1) is 0 Å². The summed E-state index contributed by atoms with van der Waals surface area (Å²) < 4.78 is 21.2. The Hall–Kier alpha value is -1.94. The summed E-state index contributed by atoms with van der Waals surface area (Å²) in [5.41, 5.74) is -0.276. The summed E-state index contributed by atoms with van der Waals surface area (Å²) in [6.07, 6.45) is 0.101. The van der Waals surface area contributed by atoms with E-state index in [0.717, 1.165) is 0 Å². The Morgan fingerprint density at radius 3 is 2.15 bits per heavy atom. The lowest BCUT2D eigenvalue weighted by Gasteiger charge is -2.07. The quantitative estimate of drug-likeness (QED) is 0.361. The van der Waals surface area contributed by atoms with Gasteiger partial charge in [-0.05, 0) is 20.3 Å². The van der Waals surface area contributed by atoms with Gasteiger partial charge >= 0.3 is 12.0 Å². The maximum atomic E-state index is 11.5. The molecule has 0 aromatic carbocycles. The van der Waals surface area contributed by atoms with E-state index in [1.54, 1.807) is 0 Å². The van der Waals surface area contributed by atoms with Crippen LogP contribution in [0.25, 0.3) is 0 Å². The first kappa shape index (κ1) is 18.1. The van der Waals surface area contributed by atoms with E-state index in [4.69, 9.17) is 10.2 Å². The molecule has 0 atom stereocenters. The van der Waals surface area contributed by atoms with Gasteiger partial charge in [0.25, 0.3) is 5.91 Å². The fourth-order valence-electron chi connectivity index (χ4n) is 1.05. The molecule has 9 nitrogen and oxygen atoms in total. The Kier molecular flexibility index (Phi) is 6.86. The maximum absolute atomic E-state index is 11.5. The molecule has 114 valence electrons. The second-order valence-electron chi connectivity index (χ2n) is 3.99. The number of primary sulfonamides is 1. The summed E-state index contributed by atoms with van der Waals surface area (Å²) in [5.74, 6) is -2.39. The molecule has 0 radical (unpaired) electrons. The second-order valence-corrected chi connectivity index (χ2v) is 5.72. The number of carboxylic acids is 1. The summed E-state index contributed by atoms with van der Waals surface area (Å²) in [7, 11) is -3.59. The second kappa shape index (κ2) is 7.60. The zero-order valence-corrected chi connectivity index (χ0v) is 11.9. The molecule has 0 heterocycles. The molecule has 0 bridgehead atoms. The van der Waals surface area contributed by atoms with Crippen molar-refractivity contribution in [3.63, 3.8) is 0 Å². The number of carbonyl (C=O) groups is 3. The van der Waals surface area contributed by atoms with Gasteiger partial charge in [0.15, 0.2) is 0 Å². The van der Waals surface area contributed by atoms with Crippen LogP contribution in [0.5, 0.6) is 0 Å². The lowest BCUT2D eigenvalue weighted by atomic mass is 10.1. The van der Waals surface area contributed by atoms with Crippen LogP contribution in [-0.4, -0.2) is 43.7 Å². The van der Waals surface area contributed by atoms with Crippen LogP contribution in [0.1, 0.15) is 20.3 Å². The number of carboxylic acid groups (broad SMARTS) is 1. The van der Waals surface area contributed by atoms with Crippen molar-refractivity contribution in [2.24, 2.45) is 5.14 Å². The Labute approximate surface area is 116 Å². The van der Waals surface area contributed by atoms with E-state index < -0.39 is 27.9 Å². The van der Waals surface area contributed by atoms with Crippen LogP contribution in [0.4, 0.5) is 4.79 Å². The minimum absolute atomic E-state index is 0.0101. The highest BCUT2D eigenvalue weighted by Gasteiger charge is 2.14. The van der Waals surface area contributed by atoms with Crippen molar-refractivity contribution in [1.82, 2.24) is 10.6 Å². The first-order valence-corrected chi connectivity index (χ1v) is 7.26. The Morgan fingerprint density at radius 2 is 1.70 bits per heavy atom. The molecule has 0 aliphatic rings. The maximum Gasteiger partial charge on any atom is 0.331 e. The lowest BCUT2D eigenvalue weighted by molar-refractivity contribution is -0.133. The van der Waals surface area contributed by atoms with Crippen LogP contribution in [-0.2, 0) is 19.6 Å². The number of sulfonamides is 1. The Morgan fingerprint density at radius 1 is 1.15 bits per heavy atom. The number of aliphatic carboxylic acids is 1. The summed E-state index contributed by atoms with van der Waals surface area (Å²) >= 11 is 0. The molecule has 0 spiro atoms. The van der Waals surface area contributed by atoms with Gasteiger partial charge in [-0.2, -0.15) is 0 Å². The monoisotopic (exact) mass is 307 g/mol. The standard InChI is InChI=1S/C10H17N3O6S/c1-6(7(2)9(15)16)8(14)13-10(17)12-4-3-5-20(11,18)19/h3-5H2,1-2H3,(H,15,16)(H2,11,18,19)(H2,12,13,14,17). The highest BCUT2D eigenvalue weighted by atomic mass is 32.2. The van der Waals surface area contributed by atoms with Gasteiger partial charge < -0.3 is 10.4 Å². The summed E-state index contributed by atoms with van der Waals surface area (Å²) in [6, 6.07) is -0.845. The molecule has 0 aliphatic carbocycles. The van der Waals surface area contributed by atoms with E-state index in [1.807, 2.05) is 5.32 Å². The van der Waals surface area contributed by atoms with Crippen LogP contribution >= 0.6 is 0 Å². The van der Waals surface area contributed by atoms with Crippen LogP contribution < -0.4 is 15.8 Å². The molecule has 10 heteroatoms. The van der Waals surface area contributed by atoms with E-state index in [-0.39, 0.29) is 29.9 Å². The lowest BCUT2D eigenvalue weighted by Crippen LogP contribution is -2.41. The van der Waals surface area contributed by atoms with E-state index in [9.17, 15) is 22.8 Å². The van der Waals surface area contributed by atoms with Gasteiger partial charge in [0.05, 0.1) is 5.75 Å². The minimum Gasteiger partial charge on any atom is -0.478 e. The number of hydrogen-bond donors (Lipinski definition) is 4. The van der Waals surface area contributed by atoms with E-state index in [2.05, 4.69) is 5.32 Å². The van der Waals surface area contributed by atoms with Gasteiger partial charge in [0.1, 0.15) is 0 Å². The SMILES string of the molecule is CC(C(=O)O)=C(C)C(=O)NC(=O)NCCCS(N)(=O)=O. The molecular formula is C10H17N3O6S. The van der Waals surface area contributed by atoms with Crippen molar-refractivity contribution >= 4 is 27.9 Å². The van der Waals surface area contributed by atoms with E-state index >= 15 is 0 Å². The molecule has 3 amide bonds. The highest BCUT2D eigenvalue weighted by molar-refractivity contribution is 7.89. The fraction of sp³-hybridized carbons (Fsp3) is 0.500. The smallest absolute Gasteiger partial charge is 0.331 e. The molecular weight excluding hydrogens is 290 g/mol. The predicted octanol–water partition coefficient (Wildman–Crippen LogP) is -1.09. The topological polar surface area (TPSA) is 156 Å². The van der Waals surface area contributed by atoms with Crippen molar-refractivity contribution in [3.8, 4) is 0 Å². The molecule has 5 N–H and O–H groups in total. The number of nitrogens with one attached hydrogen (secondary N) is 2. The average Bonchev–Trinajstić information content (AvgIpc) is 2.31. The van der Waals surface area contributed by atoms with Crippen molar-refractivity contribution in [1.29, 1.82) is 0 Å². The van der Waals surface area contributed by atoms with E-state index in [1.165, 1.54) is 13.8 Å². The zero-order valence-electron chi connectivity index (χ0n) is 11.1. The molecule has 0 saturated heterocycles. The molecule has 0 rings (SSSR count). The van der Waals surface area contributed by atoms with Crippen molar-refractivity contribution < 1.29 is 27.9 Å². The van der Waals surface area contributed by atoms with Gasteiger partial charge in [-0.3, -0.25) is 10.1 Å². The predicted molar refractivity (Wildman–Crippen MR) is 70.1 cm³/mol. The normalized spacial score (nSPS) is 12.3. The van der Waals surface area contributed by atoms with Gasteiger partial charge in [0.2, 0.25) is 10.0 Å². The molecule has 0 fully saturated rings. The van der Waals surface area contributed by atoms with Gasteiger partial charge in [0, 0.05) is 17.7 Å². The van der Waals surface area contributed by atoms with Crippen molar-refractivity contribution in [2.75, 3.05) is 12.3 Å². The first-order valence-electron chi connectivity index (χ1n) is 5.55. The van der Waals surface area contributed by atoms with E-state index in [0.29, 0.717) is 0 Å². The molecule has 0 unspecified atom stereocenters. The van der Waals surface area contributed by atoms with Crippen molar-refractivity contribution in [2.45, 2.75) is 20.3 Å². The molecule has 0 aromatic rings. The molecule has 0 saturated carbocycles. The number of urea groups is 1. The number of nitrogens with two attached hydrogens (primary N) is 1. The van der Waals surface area contributed by atoms with Crippen molar-refractivity contribution in [3.05, 3.63) is 11.1 Å². The number of rotatable bonds is 6. The minimum atomic E-state index is -3.59. The van der Waals surface area contributed by atoms with Crippen LogP contribution in [0.3, 0.4) is 0 Å². The summed E-state index contributed by atoms with van der Waals surface area (Å²) in [4.78, 5) is 33.4.